The van der Waals surface area contributed by atoms with Gasteiger partial charge in [-0.05, 0) is 18.6 Å². The molecule has 0 atom stereocenters. The van der Waals surface area contributed by atoms with Gasteiger partial charge in [0.25, 0.3) is 0 Å². The van der Waals surface area contributed by atoms with Gasteiger partial charge in [-0.3, -0.25) is 0 Å². The number of ether oxygens (including phenoxy) is 1. The first-order chi connectivity index (χ1) is 6.29. The van der Waals surface area contributed by atoms with Gasteiger partial charge in [-0.15, -0.1) is 0 Å². The van der Waals surface area contributed by atoms with Gasteiger partial charge < -0.3 is 10.1 Å². The van der Waals surface area contributed by atoms with Crippen LogP contribution in [0, 0.1) is 0 Å². The highest BCUT2D eigenvalue weighted by Gasteiger charge is 2.12. The highest BCUT2D eigenvalue weighted by atomic mass is 16.5. The van der Waals surface area contributed by atoms with Crippen LogP contribution in [0.4, 0.5) is 5.82 Å². The third-order valence-corrected chi connectivity index (χ3v) is 1.98. The topological polar surface area (TPSA) is 34.1 Å². The van der Waals surface area contributed by atoms with Crippen LogP contribution in [0.5, 0.6) is 5.75 Å². The lowest BCUT2D eigenvalue weighted by molar-refractivity contribution is 0.344. The van der Waals surface area contributed by atoms with Gasteiger partial charge in [0.1, 0.15) is 6.61 Å². The Balaban J connectivity index is 2.38. The van der Waals surface area contributed by atoms with E-state index in [0.717, 1.165) is 29.4 Å². The van der Waals surface area contributed by atoms with Gasteiger partial charge in [-0.25, -0.2) is 4.98 Å². The van der Waals surface area contributed by atoms with Gasteiger partial charge >= 0.3 is 0 Å². The minimum absolute atomic E-state index is 0.528. The summed E-state index contributed by atoms with van der Waals surface area (Å²) in [5.41, 5.74) is 1.91. The summed E-state index contributed by atoms with van der Waals surface area (Å²) >= 11 is 0. The maximum absolute atomic E-state index is 5.41. The number of nitrogens with zero attached hydrogens (tertiary/aromatic N) is 1. The second-order valence-corrected chi connectivity index (χ2v) is 3.02. The Labute approximate surface area is 77.4 Å². The monoisotopic (exact) mass is 176 g/mol. The minimum atomic E-state index is 0.528. The molecule has 0 spiro atoms. The normalized spacial score (nSPS) is 14.4. The zero-order chi connectivity index (χ0) is 9.26. The second kappa shape index (κ2) is 3.09. The van der Waals surface area contributed by atoms with Crippen molar-refractivity contribution in [3.05, 3.63) is 30.1 Å². The van der Waals surface area contributed by atoms with Crippen LogP contribution in [0.3, 0.4) is 0 Å². The van der Waals surface area contributed by atoms with Gasteiger partial charge in [0.05, 0.1) is 0 Å². The third-order valence-electron chi connectivity index (χ3n) is 1.98. The van der Waals surface area contributed by atoms with Crippen molar-refractivity contribution in [3.8, 4) is 5.75 Å². The summed E-state index contributed by atoms with van der Waals surface area (Å²) in [5, 5.41) is 3.10. The van der Waals surface area contributed by atoms with E-state index in [1.807, 2.05) is 12.1 Å². The van der Waals surface area contributed by atoms with Crippen molar-refractivity contribution in [2.75, 3.05) is 11.9 Å². The molecule has 3 heteroatoms. The van der Waals surface area contributed by atoms with E-state index in [1.54, 1.807) is 0 Å². The van der Waals surface area contributed by atoms with Crippen LogP contribution in [-0.4, -0.2) is 11.6 Å². The summed E-state index contributed by atoms with van der Waals surface area (Å²) in [7, 11) is 0. The minimum Gasteiger partial charge on any atom is -0.484 e. The van der Waals surface area contributed by atoms with Gasteiger partial charge in [-0.2, -0.15) is 0 Å². The first-order valence-corrected chi connectivity index (χ1v) is 4.37. The fourth-order valence-corrected chi connectivity index (χ4v) is 1.26. The molecule has 0 saturated carbocycles. The van der Waals surface area contributed by atoms with E-state index < -0.39 is 0 Å². The Hall–Kier alpha value is -1.51. The van der Waals surface area contributed by atoms with Crippen LogP contribution < -0.4 is 10.1 Å². The molecule has 1 N–H and O–H groups in total. The predicted molar refractivity (Wildman–Crippen MR) is 51.9 cm³/mol. The van der Waals surface area contributed by atoms with Gasteiger partial charge in [-0.1, -0.05) is 13.5 Å². The largest absolute Gasteiger partial charge is 0.484 e. The molecule has 1 aliphatic heterocycles. The van der Waals surface area contributed by atoms with Crippen LogP contribution >= 0.6 is 0 Å². The highest BCUT2D eigenvalue weighted by Crippen LogP contribution is 2.27. The first-order valence-electron chi connectivity index (χ1n) is 4.37. The molecule has 3 nitrogen and oxygen atoms in total. The Kier molecular flexibility index (Phi) is 1.93. The van der Waals surface area contributed by atoms with E-state index in [9.17, 15) is 0 Å². The summed E-state index contributed by atoms with van der Waals surface area (Å²) in [6, 6.07) is 3.93. The van der Waals surface area contributed by atoms with E-state index >= 15 is 0 Å². The molecule has 2 heterocycles. The zero-order valence-electron chi connectivity index (χ0n) is 7.63. The van der Waals surface area contributed by atoms with Crippen LogP contribution in [0.25, 0.3) is 0 Å². The number of fused-ring (bicyclic) bond motifs is 1. The van der Waals surface area contributed by atoms with Gasteiger partial charge in [0, 0.05) is 11.4 Å². The van der Waals surface area contributed by atoms with Crippen LogP contribution in [-0.2, 0) is 6.42 Å². The average molecular weight is 176 g/mol. The van der Waals surface area contributed by atoms with Crippen molar-refractivity contribution in [2.45, 2.75) is 13.3 Å². The molecule has 13 heavy (non-hydrogen) atoms. The predicted octanol–water partition coefficient (Wildman–Crippen LogP) is 1.96. The summed E-state index contributed by atoms with van der Waals surface area (Å²) in [5.74, 6) is 1.60. The summed E-state index contributed by atoms with van der Waals surface area (Å²) < 4.78 is 5.41. The number of anilines is 1. The Morgan fingerprint density at radius 1 is 1.62 bits per heavy atom. The molecule has 0 aromatic carbocycles. The zero-order valence-corrected chi connectivity index (χ0v) is 7.63. The average Bonchev–Trinajstić information content (AvgIpc) is 2.16. The lowest BCUT2D eigenvalue weighted by Gasteiger charge is -2.20. The maximum atomic E-state index is 5.41. The molecule has 0 saturated heterocycles. The molecule has 2 rings (SSSR count). The number of pyridine rings is 1. The van der Waals surface area contributed by atoms with E-state index in [2.05, 4.69) is 23.8 Å². The number of nitrogens with one attached hydrogen (secondary N) is 1. The molecule has 68 valence electrons. The molecule has 0 bridgehead atoms. The van der Waals surface area contributed by atoms with Crippen LogP contribution in [0.15, 0.2) is 24.4 Å². The smallest absolute Gasteiger partial charge is 0.173 e. The number of rotatable bonds is 1. The fraction of sp³-hybridized carbons (Fsp3) is 0.300. The molecule has 0 fully saturated rings. The summed E-state index contributed by atoms with van der Waals surface area (Å²) in [6.45, 7) is 6.40. The number of hydrogen-bond acceptors (Lipinski definition) is 3. The first kappa shape index (κ1) is 8.10. The maximum Gasteiger partial charge on any atom is 0.173 e. The van der Waals surface area contributed by atoms with Crippen molar-refractivity contribution in [1.82, 2.24) is 4.98 Å². The Bertz CT molecular complexity index is 347. The molecule has 1 aromatic heterocycles. The molecule has 0 radical (unpaired) electrons. The van der Waals surface area contributed by atoms with Gasteiger partial charge in [0.15, 0.2) is 11.6 Å². The third kappa shape index (κ3) is 1.49. The molecule has 0 unspecified atom stereocenters. The number of aryl methyl sites for hydroxylation is 1. The van der Waals surface area contributed by atoms with Crippen molar-refractivity contribution in [2.24, 2.45) is 0 Å². The number of aromatic nitrogens is 1. The molecule has 1 aromatic rings. The quantitative estimate of drug-likeness (QED) is 0.710. The lowest BCUT2D eigenvalue weighted by Crippen LogP contribution is -2.16. The van der Waals surface area contributed by atoms with E-state index in [-0.39, 0.29) is 0 Å². The fourth-order valence-electron chi connectivity index (χ4n) is 1.26. The highest BCUT2D eigenvalue weighted by molar-refractivity contribution is 5.56. The lowest BCUT2D eigenvalue weighted by atomic mass is 10.2. The van der Waals surface area contributed by atoms with Gasteiger partial charge in [0.2, 0.25) is 0 Å². The SMILES string of the molecule is C=C1COc2ccc(CC)nc2N1. The Morgan fingerprint density at radius 3 is 3.23 bits per heavy atom. The van der Waals surface area contributed by atoms with Crippen molar-refractivity contribution in [1.29, 1.82) is 0 Å². The van der Waals surface area contributed by atoms with Crippen LogP contribution in [0.1, 0.15) is 12.6 Å². The summed E-state index contributed by atoms with van der Waals surface area (Å²) in [6.07, 6.45) is 0.932. The Morgan fingerprint density at radius 2 is 2.46 bits per heavy atom. The molecule has 0 amide bonds. The molecular formula is C10H12N2O. The molecule has 0 aliphatic carbocycles. The number of hydrogen-bond donors (Lipinski definition) is 1. The summed E-state index contributed by atoms with van der Waals surface area (Å²) in [4.78, 5) is 4.39. The van der Waals surface area contributed by atoms with Crippen molar-refractivity contribution < 1.29 is 4.74 Å². The molecule has 1 aliphatic rings. The second-order valence-electron chi connectivity index (χ2n) is 3.02. The van der Waals surface area contributed by atoms with E-state index in [0.29, 0.717) is 6.61 Å². The van der Waals surface area contributed by atoms with Crippen molar-refractivity contribution in [3.63, 3.8) is 0 Å². The van der Waals surface area contributed by atoms with Crippen molar-refractivity contribution >= 4 is 5.82 Å². The standard InChI is InChI=1S/C10H12N2O/c1-3-8-4-5-9-10(12-8)11-7(2)6-13-9/h4-5H,2-3,6H2,1H3,(H,11,12). The van der Waals surface area contributed by atoms with E-state index in [1.165, 1.54) is 0 Å². The molecular weight excluding hydrogens is 164 g/mol. The van der Waals surface area contributed by atoms with Crippen LogP contribution in [0.2, 0.25) is 0 Å². The van der Waals surface area contributed by atoms with E-state index in [4.69, 9.17) is 4.74 Å².